The maximum Gasteiger partial charge on any atom is 0.243 e. The number of halogens is 1. The second-order valence-electron chi connectivity index (χ2n) is 6.44. The molecule has 2 aliphatic carbocycles. The van der Waals surface area contributed by atoms with E-state index in [1.165, 1.54) is 12.8 Å². The van der Waals surface area contributed by atoms with Gasteiger partial charge in [0.1, 0.15) is 5.54 Å². The summed E-state index contributed by atoms with van der Waals surface area (Å²) in [6, 6.07) is 7.58. The van der Waals surface area contributed by atoms with Crippen LogP contribution in [0.4, 0.5) is 0 Å². The molecular weight excluding hydrogens is 288 g/mol. The monoisotopic (exact) mass is 308 g/mol. The van der Waals surface area contributed by atoms with E-state index in [4.69, 9.17) is 17.3 Å². The number of carbonyl (C=O) groups excluding carboxylic acids is 1. The molecule has 4 nitrogen and oxygen atoms in total. The molecule has 1 aromatic rings. The highest BCUT2D eigenvalue weighted by Crippen LogP contribution is 2.35. The Morgan fingerprint density at radius 1 is 1.38 bits per heavy atom. The summed E-state index contributed by atoms with van der Waals surface area (Å²) in [6.45, 7) is 1.23. The van der Waals surface area contributed by atoms with Crippen molar-refractivity contribution in [1.82, 2.24) is 4.90 Å². The summed E-state index contributed by atoms with van der Waals surface area (Å²) in [7, 11) is 0. The Morgan fingerprint density at radius 2 is 2.05 bits per heavy atom. The molecule has 0 unspecified atom stereocenters. The number of benzene rings is 1. The first-order chi connectivity index (χ1) is 9.98. The molecule has 0 atom stereocenters. The predicted molar refractivity (Wildman–Crippen MR) is 81.8 cm³/mol. The Balaban J connectivity index is 1.74. The molecule has 21 heavy (non-hydrogen) atoms. The topological polar surface area (TPSA) is 66.6 Å². The van der Waals surface area contributed by atoms with Gasteiger partial charge in [-0.3, -0.25) is 4.79 Å². The standard InChI is InChI=1S/C16H21ClN2O2/c17-14-4-2-1-3-12(14)10-19(9-11-5-6-11)15(21)16(18)7-13(20)8-16/h1-4,11,13,20H,5-10,18H2. The molecule has 2 saturated carbocycles. The van der Waals surface area contributed by atoms with Crippen LogP contribution in [0.5, 0.6) is 0 Å². The van der Waals surface area contributed by atoms with Crippen molar-refractivity contribution in [3.63, 3.8) is 0 Å². The zero-order chi connectivity index (χ0) is 15.0. The Hall–Kier alpha value is -1.10. The molecule has 1 amide bonds. The first-order valence-corrected chi connectivity index (χ1v) is 7.85. The van der Waals surface area contributed by atoms with E-state index in [0.717, 1.165) is 12.1 Å². The Labute approximate surface area is 129 Å². The maximum absolute atomic E-state index is 12.7. The van der Waals surface area contributed by atoms with Gasteiger partial charge in [0.25, 0.3) is 0 Å². The number of nitrogens with zero attached hydrogens (tertiary/aromatic N) is 1. The zero-order valence-electron chi connectivity index (χ0n) is 12.0. The summed E-state index contributed by atoms with van der Waals surface area (Å²) in [5, 5.41) is 10.1. The van der Waals surface area contributed by atoms with Crippen LogP contribution in [0.15, 0.2) is 24.3 Å². The highest BCUT2D eigenvalue weighted by atomic mass is 35.5. The lowest BCUT2D eigenvalue weighted by Gasteiger charge is -2.43. The fourth-order valence-electron chi connectivity index (χ4n) is 2.93. The van der Waals surface area contributed by atoms with Gasteiger partial charge in [0.05, 0.1) is 6.10 Å². The lowest BCUT2D eigenvalue weighted by atomic mass is 9.74. The van der Waals surface area contributed by atoms with Crippen LogP contribution in [0, 0.1) is 5.92 Å². The number of aliphatic hydroxyl groups is 1. The van der Waals surface area contributed by atoms with Crippen LogP contribution in [0.1, 0.15) is 31.2 Å². The summed E-state index contributed by atoms with van der Waals surface area (Å²) in [5.41, 5.74) is 6.19. The third kappa shape index (κ3) is 3.23. The van der Waals surface area contributed by atoms with Gasteiger partial charge in [0, 0.05) is 31.0 Å². The maximum atomic E-state index is 12.7. The second-order valence-corrected chi connectivity index (χ2v) is 6.85. The predicted octanol–water partition coefficient (Wildman–Crippen LogP) is 1.93. The van der Waals surface area contributed by atoms with E-state index in [-0.39, 0.29) is 5.91 Å². The van der Waals surface area contributed by atoms with E-state index < -0.39 is 11.6 Å². The van der Waals surface area contributed by atoms with Gasteiger partial charge < -0.3 is 15.7 Å². The fraction of sp³-hybridized carbons (Fsp3) is 0.562. The van der Waals surface area contributed by atoms with Crippen LogP contribution in [-0.4, -0.2) is 34.1 Å². The molecular formula is C16H21ClN2O2. The molecule has 2 aliphatic rings. The minimum absolute atomic E-state index is 0.0559. The molecule has 3 N–H and O–H groups in total. The SMILES string of the molecule is NC1(C(=O)N(Cc2ccccc2Cl)CC2CC2)CC(O)C1. The number of hydrogen-bond donors (Lipinski definition) is 2. The van der Waals surface area contributed by atoms with Gasteiger partial charge in [-0.15, -0.1) is 0 Å². The molecule has 3 rings (SSSR count). The summed E-state index contributed by atoms with van der Waals surface area (Å²) >= 11 is 6.20. The van der Waals surface area contributed by atoms with Gasteiger partial charge in [-0.25, -0.2) is 0 Å². The van der Waals surface area contributed by atoms with Crippen molar-refractivity contribution in [2.45, 2.75) is 43.9 Å². The first-order valence-electron chi connectivity index (χ1n) is 7.48. The van der Waals surface area contributed by atoms with E-state index in [2.05, 4.69) is 0 Å². The van der Waals surface area contributed by atoms with Crippen LogP contribution in [0.2, 0.25) is 5.02 Å². The minimum atomic E-state index is -0.893. The molecule has 0 heterocycles. The van der Waals surface area contributed by atoms with Crippen molar-refractivity contribution >= 4 is 17.5 Å². The van der Waals surface area contributed by atoms with Gasteiger partial charge in [-0.2, -0.15) is 0 Å². The van der Waals surface area contributed by atoms with E-state index in [9.17, 15) is 9.90 Å². The van der Waals surface area contributed by atoms with Crippen molar-refractivity contribution in [3.05, 3.63) is 34.9 Å². The molecule has 0 bridgehead atoms. The summed E-state index contributed by atoms with van der Waals surface area (Å²) < 4.78 is 0. The molecule has 0 saturated heterocycles. The summed E-state index contributed by atoms with van der Waals surface area (Å²) in [6.07, 6.45) is 2.62. The second kappa shape index (κ2) is 5.59. The van der Waals surface area contributed by atoms with Crippen molar-refractivity contribution in [1.29, 1.82) is 0 Å². The van der Waals surface area contributed by atoms with Crippen molar-refractivity contribution in [3.8, 4) is 0 Å². The number of aliphatic hydroxyl groups excluding tert-OH is 1. The Morgan fingerprint density at radius 3 is 2.62 bits per heavy atom. The van der Waals surface area contributed by atoms with E-state index >= 15 is 0 Å². The Bertz CT molecular complexity index is 539. The first kappa shape index (κ1) is 14.8. The third-order valence-corrected chi connectivity index (χ3v) is 4.78. The number of rotatable bonds is 5. The van der Waals surface area contributed by atoms with E-state index in [1.54, 1.807) is 0 Å². The molecule has 0 radical (unpaired) electrons. The molecule has 0 aliphatic heterocycles. The number of amides is 1. The van der Waals surface area contributed by atoms with Gasteiger partial charge in [0.15, 0.2) is 0 Å². The van der Waals surface area contributed by atoms with Crippen LogP contribution >= 0.6 is 11.6 Å². The fourth-order valence-corrected chi connectivity index (χ4v) is 3.13. The largest absolute Gasteiger partial charge is 0.393 e. The highest BCUT2D eigenvalue weighted by Gasteiger charge is 2.48. The van der Waals surface area contributed by atoms with Crippen molar-refractivity contribution in [2.75, 3.05) is 6.54 Å². The van der Waals surface area contributed by atoms with Crippen LogP contribution in [-0.2, 0) is 11.3 Å². The molecule has 0 aromatic heterocycles. The Kier molecular flexibility index (Phi) is 3.95. The third-order valence-electron chi connectivity index (χ3n) is 4.41. The number of hydrogen-bond acceptors (Lipinski definition) is 3. The van der Waals surface area contributed by atoms with E-state index in [0.29, 0.717) is 30.3 Å². The molecule has 1 aromatic carbocycles. The quantitative estimate of drug-likeness (QED) is 0.873. The van der Waals surface area contributed by atoms with Crippen LogP contribution < -0.4 is 5.73 Å². The summed E-state index contributed by atoms with van der Waals surface area (Å²) in [5.74, 6) is 0.532. The lowest BCUT2D eigenvalue weighted by molar-refractivity contribution is -0.146. The lowest BCUT2D eigenvalue weighted by Crippen LogP contribution is -2.64. The number of carbonyl (C=O) groups is 1. The highest BCUT2D eigenvalue weighted by molar-refractivity contribution is 6.31. The van der Waals surface area contributed by atoms with Gasteiger partial charge in [-0.1, -0.05) is 29.8 Å². The zero-order valence-corrected chi connectivity index (χ0v) is 12.7. The smallest absolute Gasteiger partial charge is 0.243 e. The summed E-state index contributed by atoms with van der Waals surface area (Å²) in [4.78, 5) is 14.5. The van der Waals surface area contributed by atoms with Crippen LogP contribution in [0.25, 0.3) is 0 Å². The van der Waals surface area contributed by atoms with Gasteiger partial charge in [0.2, 0.25) is 5.91 Å². The molecule has 2 fully saturated rings. The molecule has 114 valence electrons. The average Bonchev–Trinajstić information content (AvgIpc) is 3.22. The molecule has 0 spiro atoms. The van der Waals surface area contributed by atoms with Crippen LogP contribution in [0.3, 0.4) is 0 Å². The average molecular weight is 309 g/mol. The van der Waals surface area contributed by atoms with Crippen molar-refractivity contribution in [2.24, 2.45) is 11.7 Å². The normalized spacial score (nSPS) is 28.0. The van der Waals surface area contributed by atoms with Crippen molar-refractivity contribution < 1.29 is 9.90 Å². The minimum Gasteiger partial charge on any atom is -0.393 e. The van der Waals surface area contributed by atoms with Gasteiger partial charge >= 0.3 is 0 Å². The number of nitrogens with two attached hydrogens (primary N) is 1. The van der Waals surface area contributed by atoms with E-state index in [1.807, 2.05) is 29.2 Å². The van der Waals surface area contributed by atoms with Gasteiger partial charge in [-0.05, 0) is 30.4 Å². The molecule has 5 heteroatoms.